The molecule has 0 radical (unpaired) electrons. The highest BCUT2D eigenvalue weighted by atomic mass is 16.5. The molecule has 0 bridgehead atoms. The third kappa shape index (κ3) is 10.6. The summed E-state index contributed by atoms with van der Waals surface area (Å²) >= 11 is 0. The van der Waals surface area contributed by atoms with Gasteiger partial charge in [-0.25, -0.2) is 9.59 Å². The molecule has 0 spiro atoms. The molecule has 2 rings (SSSR count). The zero-order valence-corrected chi connectivity index (χ0v) is 19.3. The molecule has 0 saturated carbocycles. The maximum absolute atomic E-state index is 12.0. The van der Waals surface area contributed by atoms with E-state index in [0.29, 0.717) is 36.8 Å². The van der Waals surface area contributed by atoms with Gasteiger partial charge < -0.3 is 25.7 Å². The van der Waals surface area contributed by atoms with Crippen molar-refractivity contribution < 1.29 is 23.8 Å². The summed E-state index contributed by atoms with van der Waals surface area (Å²) in [7, 11) is 0. The van der Waals surface area contributed by atoms with Crippen LogP contribution in [0.1, 0.15) is 61.4 Å². The van der Waals surface area contributed by atoms with Gasteiger partial charge in [-0.05, 0) is 74.1 Å². The van der Waals surface area contributed by atoms with Crippen molar-refractivity contribution >= 4 is 29.4 Å². The molecule has 33 heavy (non-hydrogen) atoms. The van der Waals surface area contributed by atoms with E-state index in [1.165, 1.54) is 6.08 Å². The lowest BCUT2D eigenvalue weighted by atomic mass is 10.2. The molecule has 0 aliphatic heterocycles. The fourth-order valence-electron chi connectivity index (χ4n) is 2.99. The van der Waals surface area contributed by atoms with Gasteiger partial charge in [0.05, 0.1) is 25.4 Å². The maximum atomic E-state index is 12.0. The van der Waals surface area contributed by atoms with Gasteiger partial charge in [0.15, 0.2) is 0 Å². The number of benzene rings is 2. The summed E-state index contributed by atoms with van der Waals surface area (Å²) in [4.78, 5) is 23.8. The molecule has 0 aromatic heterocycles. The normalized spacial score (nSPS) is 10.8. The first-order valence-corrected chi connectivity index (χ1v) is 11.4. The van der Waals surface area contributed by atoms with E-state index in [-0.39, 0.29) is 5.97 Å². The lowest BCUT2D eigenvalue weighted by molar-refractivity contribution is -0.137. The summed E-state index contributed by atoms with van der Waals surface area (Å²) in [5.74, 6) is 0.0226. The third-order valence-corrected chi connectivity index (χ3v) is 4.79. The van der Waals surface area contributed by atoms with Crippen molar-refractivity contribution in [3.8, 4) is 5.75 Å². The van der Waals surface area contributed by atoms with E-state index in [1.807, 2.05) is 24.3 Å². The Hall–Kier alpha value is -3.48. The second-order valence-corrected chi connectivity index (χ2v) is 7.71. The number of nitrogen functional groups attached to an aromatic ring is 2. The van der Waals surface area contributed by atoms with Crippen molar-refractivity contribution in [2.45, 2.75) is 45.4 Å². The van der Waals surface area contributed by atoms with Gasteiger partial charge in [-0.15, -0.1) is 0 Å². The molecule has 0 heterocycles. The van der Waals surface area contributed by atoms with Crippen molar-refractivity contribution in [1.82, 2.24) is 0 Å². The summed E-state index contributed by atoms with van der Waals surface area (Å²) in [5, 5.41) is 0. The second-order valence-electron chi connectivity index (χ2n) is 7.71. The van der Waals surface area contributed by atoms with Crippen LogP contribution in [-0.4, -0.2) is 31.8 Å². The van der Waals surface area contributed by atoms with Gasteiger partial charge in [0, 0.05) is 17.5 Å². The minimum Gasteiger partial charge on any atom is -0.494 e. The summed E-state index contributed by atoms with van der Waals surface area (Å²) in [6.07, 6.45) is 8.50. The highest BCUT2D eigenvalue weighted by Gasteiger charge is 2.08. The van der Waals surface area contributed by atoms with Crippen molar-refractivity contribution in [2.75, 3.05) is 31.3 Å². The van der Waals surface area contributed by atoms with Gasteiger partial charge in [0.25, 0.3) is 0 Å². The predicted octanol–water partition coefficient (Wildman–Crippen LogP) is 5.00. The molecule has 178 valence electrons. The third-order valence-electron chi connectivity index (χ3n) is 4.79. The van der Waals surface area contributed by atoms with Crippen molar-refractivity contribution in [3.63, 3.8) is 0 Å². The standard InChI is InChI=1S/C26H34N2O5/c1-2-3-14-31-24-11-8-20(9-12-24)10-13-25(29)32-15-6-4-5-7-16-33-26(30)21-17-22(27)19-23(28)18-21/h8-13,17-19H,2-7,14-16,27-28H2,1H3/b13-10+. The zero-order chi connectivity index (χ0) is 23.9. The summed E-state index contributed by atoms with van der Waals surface area (Å²) in [6, 6.07) is 12.3. The number of rotatable bonds is 14. The molecular weight excluding hydrogens is 420 g/mol. The van der Waals surface area contributed by atoms with Crippen LogP contribution in [0.5, 0.6) is 5.75 Å². The van der Waals surface area contributed by atoms with Crippen LogP contribution in [-0.2, 0) is 14.3 Å². The van der Waals surface area contributed by atoms with Gasteiger partial charge in [0.1, 0.15) is 5.75 Å². The lowest BCUT2D eigenvalue weighted by Gasteiger charge is -2.07. The quantitative estimate of drug-likeness (QED) is 0.179. The molecule has 0 saturated heterocycles. The molecule has 0 amide bonds. The average Bonchev–Trinajstić information content (AvgIpc) is 2.79. The van der Waals surface area contributed by atoms with E-state index in [0.717, 1.165) is 49.8 Å². The van der Waals surface area contributed by atoms with Crippen LogP contribution >= 0.6 is 0 Å². The molecule has 0 atom stereocenters. The molecule has 2 aromatic carbocycles. The zero-order valence-electron chi connectivity index (χ0n) is 19.3. The number of ether oxygens (including phenoxy) is 3. The molecule has 0 aliphatic carbocycles. The van der Waals surface area contributed by atoms with Crippen molar-refractivity contribution in [1.29, 1.82) is 0 Å². The Balaban J connectivity index is 1.53. The monoisotopic (exact) mass is 454 g/mol. The average molecular weight is 455 g/mol. The van der Waals surface area contributed by atoms with Gasteiger partial charge in [0.2, 0.25) is 0 Å². The van der Waals surface area contributed by atoms with E-state index in [4.69, 9.17) is 25.7 Å². The van der Waals surface area contributed by atoms with E-state index in [9.17, 15) is 9.59 Å². The van der Waals surface area contributed by atoms with Crippen molar-refractivity contribution in [3.05, 3.63) is 59.7 Å². The Labute approximate surface area is 195 Å². The number of anilines is 2. The first-order chi connectivity index (χ1) is 16.0. The second kappa shape index (κ2) is 14.6. The summed E-state index contributed by atoms with van der Waals surface area (Å²) in [6.45, 7) is 3.51. The van der Waals surface area contributed by atoms with E-state index < -0.39 is 5.97 Å². The number of hydrogen-bond acceptors (Lipinski definition) is 7. The number of unbranched alkanes of at least 4 members (excludes halogenated alkanes) is 4. The Morgan fingerprint density at radius 1 is 0.818 bits per heavy atom. The van der Waals surface area contributed by atoms with Crippen LogP contribution in [0.4, 0.5) is 11.4 Å². The largest absolute Gasteiger partial charge is 0.494 e. The minimum absolute atomic E-state index is 0.318. The highest BCUT2D eigenvalue weighted by Crippen LogP contribution is 2.15. The number of carbonyl (C=O) groups excluding carboxylic acids is 2. The molecule has 7 nitrogen and oxygen atoms in total. The Kier molecular flexibility index (Phi) is 11.4. The maximum Gasteiger partial charge on any atom is 0.338 e. The van der Waals surface area contributed by atoms with Crippen LogP contribution in [0.3, 0.4) is 0 Å². The predicted molar refractivity (Wildman–Crippen MR) is 131 cm³/mol. The minimum atomic E-state index is -0.437. The first-order valence-electron chi connectivity index (χ1n) is 11.4. The summed E-state index contributed by atoms with van der Waals surface area (Å²) in [5.41, 5.74) is 13.5. The molecule has 2 aromatic rings. The van der Waals surface area contributed by atoms with Gasteiger partial charge in [-0.3, -0.25) is 0 Å². The molecular formula is C26H34N2O5. The Bertz CT molecular complexity index is 889. The highest BCUT2D eigenvalue weighted by molar-refractivity contribution is 5.91. The molecule has 4 N–H and O–H groups in total. The number of esters is 2. The lowest BCUT2D eigenvalue weighted by Crippen LogP contribution is -2.08. The van der Waals surface area contributed by atoms with Crippen molar-refractivity contribution in [2.24, 2.45) is 0 Å². The van der Waals surface area contributed by atoms with Gasteiger partial charge in [-0.2, -0.15) is 0 Å². The van der Waals surface area contributed by atoms with E-state index in [1.54, 1.807) is 24.3 Å². The molecule has 0 fully saturated rings. The fraction of sp³-hybridized carbons (Fsp3) is 0.385. The van der Waals surface area contributed by atoms with Crippen LogP contribution in [0.2, 0.25) is 0 Å². The number of hydrogen-bond donors (Lipinski definition) is 2. The first kappa shape index (κ1) is 25.8. The smallest absolute Gasteiger partial charge is 0.338 e. The van der Waals surface area contributed by atoms with Gasteiger partial charge in [-0.1, -0.05) is 25.5 Å². The van der Waals surface area contributed by atoms with Crippen LogP contribution in [0.15, 0.2) is 48.5 Å². The van der Waals surface area contributed by atoms with Crippen LogP contribution < -0.4 is 16.2 Å². The molecule has 0 unspecified atom stereocenters. The van der Waals surface area contributed by atoms with Crippen LogP contribution in [0.25, 0.3) is 6.08 Å². The van der Waals surface area contributed by atoms with Gasteiger partial charge >= 0.3 is 11.9 Å². The topological polar surface area (TPSA) is 114 Å². The Morgan fingerprint density at radius 2 is 1.45 bits per heavy atom. The number of nitrogens with two attached hydrogens (primary N) is 2. The van der Waals surface area contributed by atoms with E-state index >= 15 is 0 Å². The van der Waals surface area contributed by atoms with Crippen LogP contribution in [0, 0.1) is 0 Å². The van der Waals surface area contributed by atoms with E-state index in [2.05, 4.69) is 6.92 Å². The number of carbonyl (C=O) groups is 2. The molecule has 7 heteroatoms. The SMILES string of the molecule is CCCCOc1ccc(/C=C/C(=O)OCCCCCCOC(=O)c2cc(N)cc(N)c2)cc1. The summed E-state index contributed by atoms with van der Waals surface area (Å²) < 4.78 is 16.1. The Morgan fingerprint density at radius 3 is 2.09 bits per heavy atom. The molecule has 0 aliphatic rings. The fourth-order valence-corrected chi connectivity index (χ4v) is 2.99.